The summed E-state index contributed by atoms with van der Waals surface area (Å²) in [6.07, 6.45) is 7.66. The number of rotatable bonds is 4. The normalized spacial score (nSPS) is 17.6. The summed E-state index contributed by atoms with van der Waals surface area (Å²) in [5.74, 6) is 2.42. The van der Waals surface area contributed by atoms with E-state index in [0.29, 0.717) is 12.5 Å². The molecule has 0 bridgehead atoms. The average Bonchev–Trinajstić information content (AvgIpc) is 2.90. The number of carbonyl (C=O) groups is 1. The summed E-state index contributed by atoms with van der Waals surface area (Å²) in [6.45, 7) is 2.71. The van der Waals surface area contributed by atoms with E-state index in [9.17, 15) is 4.79 Å². The van der Waals surface area contributed by atoms with Crippen molar-refractivity contribution in [3.05, 3.63) is 0 Å². The van der Waals surface area contributed by atoms with Crippen molar-refractivity contribution in [2.75, 3.05) is 6.54 Å². The van der Waals surface area contributed by atoms with Gasteiger partial charge in [0.2, 0.25) is 5.91 Å². The van der Waals surface area contributed by atoms with Crippen LogP contribution in [0.1, 0.15) is 26.2 Å². The van der Waals surface area contributed by atoms with Gasteiger partial charge in [-0.15, -0.1) is 12.3 Å². The molecule has 0 saturated heterocycles. The highest BCUT2D eigenvalue weighted by Gasteiger charge is 2.33. The van der Waals surface area contributed by atoms with Crippen molar-refractivity contribution < 1.29 is 4.79 Å². The van der Waals surface area contributed by atoms with Crippen LogP contribution in [-0.2, 0) is 4.79 Å². The van der Waals surface area contributed by atoms with Crippen molar-refractivity contribution in [3.63, 3.8) is 0 Å². The summed E-state index contributed by atoms with van der Waals surface area (Å²) >= 11 is 0. The maximum atomic E-state index is 11.7. The quantitative estimate of drug-likeness (QED) is 0.634. The van der Waals surface area contributed by atoms with Crippen LogP contribution in [0.2, 0.25) is 0 Å². The fourth-order valence-electron chi connectivity index (χ4n) is 1.41. The molecule has 3 heteroatoms. The number of nitrogens with two attached hydrogens (primary N) is 1. The molecular formula is C10H16N2O. The lowest BCUT2D eigenvalue weighted by Gasteiger charge is -2.23. The van der Waals surface area contributed by atoms with E-state index in [1.54, 1.807) is 0 Å². The molecule has 1 aliphatic carbocycles. The molecule has 72 valence electrons. The van der Waals surface area contributed by atoms with Gasteiger partial charge in [0.15, 0.2) is 0 Å². The minimum atomic E-state index is -0.509. The van der Waals surface area contributed by atoms with Crippen molar-refractivity contribution in [2.24, 2.45) is 5.73 Å². The topological polar surface area (TPSA) is 46.3 Å². The zero-order chi connectivity index (χ0) is 9.84. The first kappa shape index (κ1) is 10.1. The summed E-state index contributed by atoms with van der Waals surface area (Å²) in [4.78, 5) is 13.5. The molecule has 0 aromatic rings. The summed E-state index contributed by atoms with van der Waals surface area (Å²) in [6, 6.07) is -0.0770. The first-order valence-electron chi connectivity index (χ1n) is 4.70. The van der Waals surface area contributed by atoms with Crippen LogP contribution < -0.4 is 5.73 Å². The van der Waals surface area contributed by atoms with Gasteiger partial charge in [-0.05, 0) is 19.8 Å². The summed E-state index contributed by atoms with van der Waals surface area (Å²) in [5.41, 5.74) is 5.64. The molecule has 0 radical (unpaired) electrons. The van der Waals surface area contributed by atoms with E-state index in [0.717, 1.165) is 19.4 Å². The number of hydrogen-bond acceptors (Lipinski definition) is 2. The van der Waals surface area contributed by atoms with Gasteiger partial charge in [-0.1, -0.05) is 0 Å². The molecule has 1 saturated carbocycles. The third-order valence-corrected chi connectivity index (χ3v) is 2.27. The summed E-state index contributed by atoms with van der Waals surface area (Å²) in [7, 11) is 0. The minimum Gasteiger partial charge on any atom is -0.339 e. The van der Waals surface area contributed by atoms with E-state index in [1.807, 2.05) is 11.8 Å². The molecule has 13 heavy (non-hydrogen) atoms. The van der Waals surface area contributed by atoms with E-state index in [1.165, 1.54) is 0 Å². The zero-order valence-corrected chi connectivity index (χ0v) is 7.99. The minimum absolute atomic E-state index is 0.00273. The first-order valence-corrected chi connectivity index (χ1v) is 4.70. The van der Waals surface area contributed by atoms with Gasteiger partial charge in [-0.3, -0.25) is 4.79 Å². The molecule has 1 rings (SSSR count). The highest BCUT2D eigenvalue weighted by molar-refractivity contribution is 5.82. The summed E-state index contributed by atoms with van der Waals surface area (Å²) in [5, 5.41) is 0. The SMILES string of the molecule is C#CCC(N)C(=O)N(CC)C1CC1. The Morgan fingerprint density at radius 3 is 2.77 bits per heavy atom. The van der Waals surface area contributed by atoms with Crippen LogP contribution in [-0.4, -0.2) is 29.4 Å². The third kappa shape index (κ3) is 2.46. The Kier molecular flexibility index (Phi) is 3.32. The largest absolute Gasteiger partial charge is 0.339 e. The number of terminal acetylenes is 1. The second-order valence-electron chi connectivity index (χ2n) is 3.37. The molecule has 1 aliphatic rings. The van der Waals surface area contributed by atoms with Gasteiger partial charge in [-0.2, -0.15) is 0 Å². The molecule has 1 amide bonds. The van der Waals surface area contributed by atoms with Crippen LogP contribution in [0.3, 0.4) is 0 Å². The van der Waals surface area contributed by atoms with Gasteiger partial charge in [0.25, 0.3) is 0 Å². The van der Waals surface area contributed by atoms with Gasteiger partial charge in [-0.25, -0.2) is 0 Å². The van der Waals surface area contributed by atoms with Gasteiger partial charge < -0.3 is 10.6 Å². The molecule has 0 heterocycles. The fraction of sp³-hybridized carbons (Fsp3) is 0.700. The van der Waals surface area contributed by atoms with E-state index >= 15 is 0 Å². The Morgan fingerprint density at radius 1 is 1.77 bits per heavy atom. The average molecular weight is 180 g/mol. The molecule has 1 fully saturated rings. The lowest BCUT2D eigenvalue weighted by Crippen LogP contribution is -2.44. The molecular weight excluding hydrogens is 164 g/mol. The number of amides is 1. The van der Waals surface area contributed by atoms with Crippen LogP contribution in [0, 0.1) is 12.3 Å². The van der Waals surface area contributed by atoms with Crippen molar-refractivity contribution >= 4 is 5.91 Å². The Hall–Kier alpha value is -1.01. The smallest absolute Gasteiger partial charge is 0.240 e. The highest BCUT2D eigenvalue weighted by atomic mass is 16.2. The molecule has 1 unspecified atom stereocenters. The molecule has 0 aromatic carbocycles. The summed E-state index contributed by atoms with van der Waals surface area (Å²) < 4.78 is 0. The molecule has 0 aliphatic heterocycles. The van der Waals surface area contributed by atoms with Crippen molar-refractivity contribution in [1.82, 2.24) is 4.90 Å². The van der Waals surface area contributed by atoms with Gasteiger partial charge in [0.05, 0.1) is 6.04 Å². The Bertz CT molecular complexity index is 228. The van der Waals surface area contributed by atoms with Crippen molar-refractivity contribution in [2.45, 2.75) is 38.3 Å². The Labute approximate surface area is 79.3 Å². The second kappa shape index (κ2) is 4.29. The van der Waals surface area contributed by atoms with Crippen LogP contribution in [0.25, 0.3) is 0 Å². The molecule has 0 spiro atoms. The standard InChI is InChI=1S/C10H16N2O/c1-3-5-9(11)10(13)12(4-2)8-6-7-8/h1,8-9H,4-7,11H2,2H3. The monoisotopic (exact) mass is 180 g/mol. The third-order valence-electron chi connectivity index (χ3n) is 2.27. The predicted octanol–water partition coefficient (Wildman–Crippen LogP) is 0.348. The number of likely N-dealkylation sites (N-methyl/N-ethyl adjacent to an activating group) is 1. The number of carbonyl (C=O) groups excluding carboxylic acids is 1. The van der Waals surface area contributed by atoms with E-state index in [2.05, 4.69) is 5.92 Å². The van der Waals surface area contributed by atoms with Crippen LogP contribution in [0.4, 0.5) is 0 Å². The lowest BCUT2D eigenvalue weighted by atomic mass is 10.2. The Morgan fingerprint density at radius 2 is 2.38 bits per heavy atom. The molecule has 3 nitrogen and oxygen atoms in total. The number of hydrogen-bond donors (Lipinski definition) is 1. The maximum absolute atomic E-state index is 11.7. The molecule has 2 N–H and O–H groups in total. The van der Waals surface area contributed by atoms with E-state index in [-0.39, 0.29) is 5.91 Å². The van der Waals surface area contributed by atoms with E-state index in [4.69, 9.17) is 12.2 Å². The van der Waals surface area contributed by atoms with Gasteiger partial charge in [0.1, 0.15) is 0 Å². The van der Waals surface area contributed by atoms with Crippen LogP contribution >= 0.6 is 0 Å². The van der Waals surface area contributed by atoms with Crippen LogP contribution in [0.15, 0.2) is 0 Å². The molecule has 0 aromatic heterocycles. The van der Waals surface area contributed by atoms with Crippen molar-refractivity contribution in [1.29, 1.82) is 0 Å². The highest BCUT2D eigenvalue weighted by Crippen LogP contribution is 2.26. The van der Waals surface area contributed by atoms with E-state index < -0.39 is 6.04 Å². The Balaban J connectivity index is 2.48. The van der Waals surface area contributed by atoms with Gasteiger partial charge >= 0.3 is 0 Å². The zero-order valence-electron chi connectivity index (χ0n) is 7.99. The number of nitrogens with zero attached hydrogens (tertiary/aromatic N) is 1. The maximum Gasteiger partial charge on any atom is 0.240 e. The fourth-order valence-corrected chi connectivity index (χ4v) is 1.41. The predicted molar refractivity (Wildman–Crippen MR) is 51.8 cm³/mol. The van der Waals surface area contributed by atoms with Crippen molar-refractivity contribution in [3.8, 4) is 12.3 Å². The lowest BCUT2D eigenvalue weighted by molar-refractivity contribution is -0.132. The van der Waals surface area contributed by atoms with Gasteiger partial charge in [0, 0.05) is 19.0 Å². The van der Waals surface area contributed by atoms with Crippen LogP contribution in [0.5, 0.6) is 0 Å². The molecule has 1 atom stereocenters. The second-order valence-corrected chi connectivity index (χ2v) is 3.37. The first-order chi connectivity index (χ1) is 6.20.